The molecule has 0 saturated carbocycles. The first kappa shape index (κ1) is 38.0. The number of aliphatic hydroxyl groups excluding tert-OH is 1. The molecule has 4 aromatic carbocycles. The highest BCUT2D eigenvalue weighted by molar-refractivity contribution is 6.07. The fourth-order valence-corrected chi connectivity index (χ4v) is 6.19. The van der Waals surface area contributed by atoms with E-state index in [1.807, 2.05) is 56.3 Å². The number of amides is 5. The molecule has 0 bridgehead atoms. The van der Waals surface area contributed by atoms with Crippen LogP contribution in [0.4, 0.5) is 31.0 Å². The number of likely N-dealkylation sites (N-methyl/N-ethyl adjacent to an activating group) is 1. The molecular weight excluding hydrogens is 665 g/mol. The summed E-state index contributed by atoms with van der Waals surface area (Å²) >= 11 is 0. The topological polar surface area (TPSA) is 132 Å². The minimum absolute atomic E-state index is 0.201. The Balaban J connectivity index is 1.37. The Morgan fingerprint density at radius 2 is 1.69 bits per heavy atom. The Morgan fingerprint density at radius 3 is 2.46 bits per heavy atom. The van der Waals surface area contributed by atoms with E-state index in [2.05, 4.69) is 16.0 Å². The lowest BCUT2D eigenvalue weighted by Gasteiger charge is -2.35. The molecule has 1 aliphatic heterocycles. The van der Waals surface area contributed by atoms with Crippen LogP contribution in [0.25, 0.3) is 10.8 Å². The van der Waals surface area contributed by atoms with E-state index in [4.69, 9.17) is 9.47 Å². The minimum Gasteiger partial charge on any atom is -0.490 e. The molecule has 4 aromatic rings. The number of ether oxygens (including phenoxy) is 2. The fraction of sp³-hybridized carbons (Fsp3) is 0.375. The van der Waals surface area contributed by atoms with Gasteiger partial charge in [0.2, 0.25) is 0 Å². The average Bonchev–Trinajstić information content (AvgIpc) is 3.13. The number of nitrogens with one attached hydrogen (secondary N) is 3. The van der Waals surface area contributed by atoms with Crippen LogP contribution >= 0.6 is 0 Å². The van der Waals surface area contributed by atoms with Gasteiger partial charge in [-0.05, 0) is 87.0 Å². The van der Waals surface area contributed by atoms with Crippen LogP contribution in [0.2, 0.25) is 0 Å². The summed E-state index contributed by atoms with van der Waals surface area (Å²) in [6, 6.07) is 22.5. The van der Waals surface area contributed by atoms with Crippen LogP contribution in [0, 0.1) is 11.7 Å². The SMILES string of the molecule is C[C@@H]1CCCCO[C@H](CN(C)C(=O)Nc2ccc(F)cc2)[C@@H](C)CN([C@H](C)CO)C(=O)c2cc(NC(=O)Nc3cccc4ccccc34)ccc2O1. The zero-order valence-corrected chi connectivity index (χ0v) is 30.1. The Bertz CT molecular complexity index is 1830. The Hall–Kier alpha value is -5.20. The Kier molecular flexibility index (Phi) is 13.0. The standard InChI is InChI=1S/C40H48FN5O6/c1-26-23-46(27(2)25-47)38(48)34-22-32(42-39(49)44-35-14-9-12-29-11-5-6-13-33(29)35)19-20-36(34)52-28(3)10-7-8-21-51-37(26)24-45(4)40(50)43-31-17-15-30(41)16-18-31/h5-6,9,11-20,22,26-28,37,47H,7-8,10,21,23-25H2,1-4H3,(H,43,50)(H2,42,44,49)/t26-,27+,28+,37+/m0/s1. The number of hydrogen-bond donors (Lipinski definition) is 4. The lowest BCUT2D eigenvalue weighted by molar-refractivity contribution is -0.0115. The number of benzene rings is 4. The van der Waals surface area contributed by atoms with Gasteiger partial charge >= 0.3 is 12.1 Å². The van der Waals surface area contributed by atoms with Crippen molar-refractivity contribution in [1.82, 2.24) is 9.80 Å². The fourth-order valence-electron chi connectivity index (χ4n) is 6.19. The highest BCUT2D eigenvalue weighted by Gasteiger charge is 2.31. The second-order valence-corrected chi connectivity index (χ2v) is 13.4. The van der Waals surface area contributed by atoms with Gasteiger partial charge < -0.3 is 40.3 Å². The van der Waals surface area contributed by atoms with Gasteiger partial charge in [0.05, 0.1) is 36.1 Å². The lowest BCUT2D eigenvalue weighted by Crippen LogP contribution is -2.48. The maximum Gasteiger partial charge on any atom is 0.323 e. The van der Waals surface area contributed by atoms with Gasteiger partial charge in [0.1, 0.15) is 11.6 Å². The lowest BCUT2D eigenvalue weighted by atomic mass is 10.0. The highest BCUT2D eigenvalue weighted by atomic mass is 19.1. The van der Waals surface area contributed by atoms with Crippen LogP contribution in [-0.2, 0) is 4.74 Å². The molecule has 0 saturated heterocycles. The maximum atomic E-state index is 14.5. The van der Waals surface area contributed by atoms with E-state index in [1.54, 1.807) is 37.1 Å². The Labute approximate surface area is 304 Å². The summed E-state index contributed by atoms with van der Waals surface area (Å²) in [4.78, 5) is 43.8. The highest BCUT2D eigenvalue weighted by Crippen LogP contribution is 2.29. The number of rotatable bonds is 7. The van der Waals surface area contributed by atoms with Crippen LogP contribution in [-0.4, -0.2) is 84.5 Å². The first-order valence-corrected chi connectivity index (χ1v) is 17.7. The zero-order chi connectivity index (χ0) is 37.2. The molecule has 0 aliphatic carbocycles. The van der Waals surface area contributed by atoms with E-state index in [-0.39, 0.29) is 49.2 Å². The number of urea groups is 2. The van der Waals surface area contributed by atoms with E-state index in [0.29, 0.717) is 35.8 Å². The average molecular weight is 714 g/mol. The van der Waals surface area contributed by atoms with Crippen molar-refractivity contribution in [2.45, 2.75) is 58.3 Å². The number of fused-ring (bicyclic) bond motifs is 2. The molecule has 5 amide bonds. The number of hydrogen-bond acceptors (Lipinski definition) is 6. The van der Waals surface area contributed by atoms with Gasteiger partial charge in [0.25, 0.3) is 5.91 Å². The molecule has 4 N–H and O–H groups in total. The monoisotopic (exact) mass is 713 g/mol. The molecule has 1 heterocycles. The molecule has 4 atom stereocenters. The molecule has 0 radical (unpaired) electrons. The molecule has 0 fully saturated rings. The van der Waals surface area contributed by atoms with Gasteiger partial charge in [-0.3, -0.25) is 4.79 Å². The summed E-state index contributed by atoms with van der Waals surface area (Å²) in [6.45, 7) is 6.23. The predicted octanol–water partition coefficient (Wildman–Crippen LogP) is 7.58. The van der Waals surface area contributed by atoms with Gasteiger partial charge in [0, 0.05) is 49.4 Å². The molecule has 1 aliphatic rings. The van der Waals surface area contributed by atoms with Crippen LogP contribution in [0.3, 0.4) is 0 Å². The van der Waals surface area contributed by atoms with Crippen LogP contribution in [0.15, 0.2) is 84.9 Å². The van der Waals surface area contributed by atoms with Crippen molar-refractivity contribution >= 4 is 45.8 Å². The summed E-state index contributed by atoms with van der Waals surface area (Å²) in [6.07, 6.45) is 1.62. The molecule has 276 valence electrons. The van der Waals surface area contributed by atoms with Crippen molar-refractivity contribution in [2.24, 2.45) is 5.92 Å². The Morgan fingerprint density at radius 1 is 0.962 bits per heavy atom. The number of carbonyl (C=O) groups is 3. The third-order valence-electron chi connectivity index (χ3n) is 9.24. The van der Waals surface area contributed by atoms with E-state index in [1.165, 1.54) is 29.2 Å². The summed E-state index contributed by atoms with van der Waals surface area (Å²) in [5, 5.41) is 20.7. The first-order valence-electron chi connectivity index (χ1n) is 17.7. The second kappa shape index (κ2) is 17.8. The number of aliphatic hydroxyl groups is 1. The van der Waals surface area contributed by atoms with Crippen molar-refractivity contribution in [2.75, 3.05) is 49.3 Å². The summed E-state index contributed by atoms with van der Waals surface area (Å²) < 4.78 is 26.1. The number of nitrogens with zero attached hydrogens (tertiary/aromatic N) is 2. The van der Waals surface area contributed by atoms with Crippen molar-refractivity contribution in [3.8, 4) is 5.75 Å². The molecule has 12 heteroatoms. The molecular formula is C40H48FN5O6. The first-order chi connectivity index (χ1) is 25.0. The summed E-state index contributed by atoms with van der Waals surface area (Å²) in [5.74, 6) is -0.671. The molecule has 11 nitrogen and oxygen atoms in total. The minimum atomic E-state index is -0.570. The molecule has 52 heavy (non-hydrogen) atoms. The van der Waals surface area contributed by atoms with Gasteiger partial charge in [-0.25, -0.2) is 14.0 Å². The van der Waals surface area contributed by atoms with Crippen LogP contribution in [0.1, 0.15) is 50.4 Å². The smallest absolute Gasteiger partial charge is 0.323 e. The zero-order valence-electron chi connectivity index (χ0n) is 30.1. The molecule has 0 aromatic heterocycles. The van der Waals surface area contributed by atoms with Crippen molar-refractivity contribution in [1.29, 1.82) is 0 Å². The van der Waals surface area contributed by atoms with E-state index in [9.17, 15) is 23.9 Å². The van der Waals surface area contributed by atoms with E-state index in [0.717, 1.165) is 23.6 Å². The van der Waals surface area contributed by atoms with Crippen LogP contribution < -0.4 is 20.7 Å². The van der Waals surface area contributed by atoms with Gasteiger partial charge in [0.15, 0.2) is 0 Å². The molecule has 5 rings (SSSR count). The second-order valence-electron chi connectivity index (χ2n) is 13.4. The van der Waals surface area contributed by atoms with E-state index >= 15 is 0 Å². The van der Waals surface area contributed by atoms with Crippen LogP contribution in [0.5, 0.6) is 5.75 Å². The molecule has 0 spiro atoms. The van der Waals surface area contributed by atoms with Gasteiger partial charge in [-0.15, -0.1) is 0 Å². The quantitative estimate of drug-likeness (QED) is 0.156. The third-order valence-corrected chi connectivity index (χ3v) is 9.24. The van der Waals surface area contributed by atoms with E-state index < -0.39 is 24.0 Å². The van der Waals surface area contributed by atoms with Crippen molar-refractivity contribution < 1.29 is 33.4 Å². The maximum absolute atomic E-state index is 14.5. The summed E-state index contributed by atoms with van der Waals surface area (Å²) in [5.41, 5.74) is 1.74. The van der Waals surface area contributed by atoms with Gasteiger partial charge in [-0.1, -0.05) is 43.3 Å². The van der Waals surface area contributed by atoms with Crippen molar-refractivity contribution in [3.63, 3.8) is 0 Å². The largest absolute Gasteiger partial charge is 0.490 e. The summed E-state index contributed by atoms with van der Waals surface area (Å²) in [7, 11) is 1.65. The number of halogens is 1. The normalized spacial score (nSPS) is 19.1. The third kappa shape index (κ3) is 9.98. The van der Waals surface area contributed by atoms with Gasteiger partial charge in [-0.2, -0.15) is 0 Å². The number of anilines is 3. The predicted molar refractivity (Wildman–Crippen MR) is 202 cm³/mol. The number of carbonyl (C=O) groups excluding carboxylic acids is 3. The molecule has 0 unspecified atom stereocenters. The van der Waals surface area contributed by atoms with Crippen molar-refractivity contribution in [3.05, 3.63) is 96.3 Å².